The molecule has 0 aliphatic rings. The molecule has 0 aliphatic heterocycles. The van der Waals surface area contributed by atoms with E-state index < -0.39 is 11.6 Å². The Morgan fingerprint density at radius 2 is 2.11 bits per heavy atom. The molecule has 102 valence electrons. The van der Waals surface area contributed by atoms with Crippen molar-refractivity contribution in [2.24, 2.45) is 0 Å². The molecule has 2 rings (SSSR count). The molecular formula is C14H17F2N3. The fourth-order valence-corrected chi connectivity index (χ4v) is 2.14. The third-order valence-electron chi connectivity index (χ3n) is 3.03. The smallest absolute Gasteiger partial charge is 0.163 e. The average Bonchev–Trinajstić information content (AvgIpc) is 2.85. The molecule has 1 heterocycles. The molecule has 1 aromatic heterocycles. The Morgan fingerprint density at radius 1 is 1.32 bits per heavy atom. The minimum Gasteiger partial charge on any atom is -0.336 e. The van der Waals surface area contributed by atoms with E-state index in [1.807, 2.05) is 24.6 Å². The number of hydrogen-bond acceptors (Lipinski definition) is 2. The van der Waals surface area contributed by atoms with Crippen LogP contribution in [-0.4, -0.2) is 15.6 Å². The van der Waals surface area contributed by atoms with Gasteiger partial charge in [0.1, 0.15) is 0 Å². The highest BCUT2D eigenvalue weighted by Gasteiger charge is 2.15. The molecule has 2 atom stereocenters. The normalized spacial score (nSPS) is 14.3. The van der Waals surface area contributed by atoms with Crippen molar-refractivity contribution in [2.45, 2.75) is 32.5 Å². The highest BCUT2D eigenvalue weighted by atomic mass is 19.2. The molecule has 19 heavy (non-hydrogen) atoms. The number of halogens is 2. The zero-order valence-corrected chi connectivity index (χ0v) is 11.0. The molecule has 0 radical (unpaired) electrons. The first kappa shape index (κ1) is 13.7. The number of rotatable bonds is 5. The van der Waals surface area contributed by atoms with E-state index in [0.29, 0.717) is 5.56 Å². The molecule has 1 N–H and O–H groups in total. The topological polar surface area (TPSA) is 29.9 Å². The van der Waals surface area contributed by atoms with Gasteiger partial charge in [0.25, 0.3) is 0 Å². The molecule has 0 fully saturated rings. The molecule has 0 bridgehead atoms. The van der Waals surface area contributed by atoms with Crippen molar-refractivity contribution < 1.29 is 8.78 Å². The van der Waals surface area contributed by atoms with Gasteiger partial charge < -0.3 is 9.88 Å². The minimum absolute atomic E-state index is 0.117. The molecule has 0 amide bonds. The van der Waals surface area contributed by atoms with Crippen LogP contribution in [0.2, 0.25) is 0 Å². The van der Waals surface area contributed by atoms with E-state index >= 15 is 0 Å². The van der Waals surface area contributed by atoms with E-state index in [9.17, 15) is 8.78 Å². The summed E-state index contributed by atoms with van der Waals surface area (Å²) in [5.74, 6) is -1.59. The highest BCUT2D eigenvalue weighted by molar-refractivity contribution is 5.22. The molecule has 3 nitrogen and oxygen atoms in total. The van der Waals surface area contributed by atoms with Gasteiger partial charge in [-0.05, 0) is 19.9 Å². The molecular weight excluding hydrogens is 248 g/mol. The van der Waals surface area contributed by atoms with Gasteiger partial charge in [0, 0.05) is 36.6 Å². The largest absolute Gasteiger partial charge is 0.336 e. The fraction of sp³-hybridized carbons (Fsp3) is 0.357. The number of benzene rings is 1. The van der Waals surface area contributed by atoms with Crippen molar-refractivity contribution in [2.75, 3.05) is 0 Å². The van der Waals surface area contributed by atoms with Gasteiger partial charge >= 0.3 is 0 Å². The maximum atomic E-state index is 13.6. The van der Waals surface area contributed by atoms with E-state index in [1.54, 1.807) is 18.6 Å². The number of imidazole rings is 1. The SMILES string of the molecule is CC(Cn1ccnc1)NC(C)c1cccc(F)c1F. The van der Waals surface area contributed by atoms with E-state index in [-0.39, 0.29) is 12.1 Å². The summed E-state index contributed by atoms with van der Waals surface area (Å²) in [6.45, 7) is 4.54. The van der Waals surface area contributed by atoms with Crippen LogP contribution in [-0.2, 0) is 6.54 Å². The molecule has 0 saturated carbocycles. The van der Waals surface area contributed by atoms with Gasteiger partial charge in [0.2, 0.25) is 0 Å². The van der Waals surface area contributed by atoms with Crippen LogP contribution in [0.4, 0.5) is 8.78 Å². The van der Waals surface area contributed by atoms with Gasteiger partial charge in [-0.25, -0.2) is 13.8 Å². The summed E-state index contributed by atoms with van der Waals surface area (Å²) in [7, 11) is 0. The van der Waals surface area contributed by atoms with Crippen LogP contribution >= 0.6 is 0 Å². The average molecular weight is 265 g/mol. The van der Waals surface area contributed by atoms with Crippen molar-refractivity contribution in [1.29, 1.82) is 0 Å². The maximum absolute atomic E-state index is 13.6. The third kappa shape index (κ3) is 3.38. The summed E-state index contributed by atoms with van der Waals surface area (Å²) in [6.07, 6.45) is 5.31. The van der Waals surface area contributed by atoms with Crippen LogP contribution in [0.1, 0.15) is 25.5 Å². The second kappa shape index (κ2) is 5.93. The van der Waals surface area contributed by atoms with Crippen LogP contribution < -0.4 is 5.32 Å². The van der Waals surface area contributed by atoms with E-state index in [2.05, 4.69) is 10.3 Å². The molecule has 2 aromatic rings. The van der Waals surface area contributed by atoms with Gasteiger partial charge in [-0.2, -0.15) is 0 Å². The lowest BCUT2D eigenvalue weighted by atomic mass is 10.1. The lowest BCUT2D eigenvalue weighted by molar-refractivity contribution is 0.412. The first-order valence-corrected chi connectivity index (χ1v) is 6.23. The first-order chi connectivity index (χ1) is 9.08. The molecule has 2 unspecified atom stereocenters. The predicted octanol–water partition coefficient (Wildman–Crippen LogP) is 2.90. The van der Waals surface area contributed by atoms with Crippen molar-refractivity contribution in [3.8, 4) is 0 Å². The second-order valence-corrected chi connectivity index (χ2v) is 4.69. The quantitative estimate of drug-likeness (QED) is 0.901. The maximum Gasteiger partial charge on any atom is 0.163 e. The molecule has 1 aromatic carbocycles. The van der Waals surface area contributed by atoms with Gasteiger partial charge in [-0.15, -0.1) is 0 Å². The van der Waals surface area contributed by atoms with Gasteiger partial charge in [-0.1, -0.05) is 12.1 Å². The lowest BCUT2D eigenvalue weighted by Crippen LogP contribution is -2.32. The van der Waals surface area contributed by atoms with Crippen LogP contribution in [0.5, 0.6) is 0 Å². The van der Waals surface area contributed by atoms with Gasteiger partial charge in [-0.3, -0.25) is 0 Å². The number of aromatic nitrogens is 2. The summed E-state index contributed by atoms with van der Waals surface area (Å²) in [6, 6.07) is 4.11. The number of hydrogen-bond donors (Lipinski definition) is 1. The Bertz CT molecular complexity index is 525. The minimum atomic E-state index is -0.812. The third-order valence-corrected chi connectivity index (χ3v) is 3.03. The fourth-order valence-electron chi connectivity index (χ4n) is 2.14. The van der Waals surface area contributed by atoms with Crippen LogP contribution in [0, 0.1) is 11.6 Å². The molecule has 0 saturated heterocycles. The Labute approximate surface area is 111 Å². The van der Waals surface area contributed by atoms with Crippen molar-refractivity contribution in [1.82, 2.24) is 14.9 Å². The summed E-state index contributed by atoms with van der Waals surface area (Å²) >= 11 is 0. The van der Waals surface area contributed by atoms with E-state index in [0.717, 1.165) is 12.6 Å². The monoisotopic (exact) mass is 265 g/mol. The van der Waals surface area contributed by atoms with Crippen molar-refractivity contribution >= 4 is 0 Å². The van der Waals surface area contributed by atoms with Gasteiger partial charge in [0.15, 0.2) is 11.6 Å². The highest BCUT2D eigenvalue weighted by Crippen LogP contribution is 2.19. The predicted molar refractivity (Wildman–Crippen MR) is 69.6 cm³/mol. The Morgan fingerprint density at radius 3 is 2.79 bits per heavy atom. The summed E-state index contributed by atoms with van der Waals surface area (Å²) in [5.41, 5.74) is 0.345. The number of nitrogens with one attached hydrogen (secondary N) is 1. The number of nitrogens with zero attached hydrogens (tertiary/aromatic N) is 2. The lowest BCUT2D eigenvalue weighted by Gasteiger charge is -2.21. The Balaban J connectivity index is 2.00. The summed E-state index contributed by atoms with van der Waals surface area (Å²) in [4.78, 5) is 3.96. The van der Waals surface area contributed by atoms with E-state index in [4.69, 9.17) is 0 Å². The van der Waals surface area contributed by atoms with Gasteiger partial charge in [0.05, 0.1) is 6.33 Å². The van der Waals surface area contributed by atoms with Crippen molar-refractivity contribution in [3.05, 3.63) is 54.1 Å². The summed E-state index contributed by atoms with van der Waals surface area (Å²) in [5, 5.41) is 3.25. The molecule has 5 heteroatoms. The standard InChI is InChI=1S/C14H17F2N3/c1-10(8-19-7-6-17-9-19)18-11(2)12-4-3-5-13(15)14(12)16/h3-7,9-11,18H,8H2,1-2H3. The molecule has 0 aliphatic carbocycles. The Hall–Kier alpha value is -1.75. The first-order valence-electron chi connectivity index (χ1n) is 6.23. The van der Waals surface area contributed by atoms with Crippen LogP contribution in [0.15, 0.2) is 36.9 Å². The molecule has 0 spiro atoms. The zero-order chi connectivity index (χ0) is 13.8. The Kier molecular flexibility index (Phi) is 4.27. The van der Waals surface area contributed by atoms with E-state index in [1.165, 1.54) is 6.07 Å². The zero-order valence-electron chi connectivity index (χ0n) is 11.0. The van der Waals surface area contributed by atoms with Crippen LogP contribution in [0.3, 0.4) is 0 Å². The second-order valence-electron chi connectivity index (χ2n) is 4.69. The summed E-state index contributed by atoms with van der Waals surface area (Å²) < 4.78 is 28.8. The van der Waals surface area contributed by atoms with Crippen LogP contribution in [0.25, 0.3) is 0 Å². The van der Waals surface area contributed by atoms with Crippen molar-refractivity contribution in [3.63, 3.8) is 0 Å².